The van der Waals surface area contributed by atoms with E-state index in [2.05, 4.69) is 10.6 Å². The average Bonchev–Trinajstić information content (AvgIpc) is 2.15. The third-order valence-electron chi connectivity index (χ3n) is 2.72. The number of likely N-dealkylation sites (N-methyl/N-ethyl adjacent to an activating group) is 1. The van der Waals surface area contributed by atoms with Gasteiger partial charge in [0.15, 0.2) is 0 Å². The highest BCUT2D eigenvalue weighted by molar-refractivity contribution is 5.79. The van der Waals surface area contributed by atoms with Crippen molar-refractivity contribution in [2.24, 2.45) is 11.7 Å². The summed E-state index contributed by atoms with van der Waals surface area (Å²) in [7, 11) is 1.79. The van der Waals surface area contributed by atoms with Gasteiger partial charge in [-0.1, -0.05) is 0 Å². The van der Waals surface area contributed by atoms with Gasteiger partial charge in [-0.2, -0.15) is 0 Å². The molecule has 1 amide bonds. The van der Waals surface area contributed by atoms with Crippen LogP contribution in [0, 0.1) is 5.92 Å². The largest absolute Gasteiger partial charge is 0.368 e. The highest BCUT2D eigenvalue weighted by atomic mass is 16.1. The predicted molar refractivity (Wildman–Crippen MR) is 52.3 cm³/mol. The zero-order chi connectivity index (χ0) is 9.68. The summed E-state index contributed by atoms with van der Waals surface area (Å²) in [5, 5.41) is 6.25. The van der Waals surface area contributed by atoms with Gasteiger partial charge in [-0.15, -0.1) is 0 Å². The molecule has 1 atom stereocenters. The lowest BCUT2D eigenvalue weighted by molar-refractivity contribution is -0.120. The lowest BCUT2D eigenvalue weighted by atomic mass is 9.91. The van der Waals surface area contributed by atoms with Gasteiger partial charge in [0.25, 0.3) is 0 Å². The van der Waals surface area contributed by atoms with Gasteiger partial charge in [-0.05, 0) is 45.3 Å². The minimum atomic E-state index is -0.235. The number of carbonyl (C=O) groups excluding carboxylic acids is 1. The Morgan fingerprint density at radius 3 is 2.69 bits per heavy atom. The SMILES string of the molecule is CNC(CC1CCNCC1)C(N)=O. The van der Waals surface area contributed by atoms with Crippen LogP contribution in [0.1, 0.15) is 19.3 Å². The summed E-state index contributed by atoms with van der Waals surface area (Å²) in [6.45, 7) is 2.14. The van der Waals surface area contributed by atoms with E-state index in [-0.39, 0.29) is 11.9 Å². The summed E-state index contributed by atoms with van der Waals surface area (Å²) in [6.07, 6.45) is 3.20. The highest BCUT2D eigenvalue weighted by Gasteiger charge is 2.20. The molecule has 0 bridgehead atoms. The van der Waals surface area contributed by atoms with Crippen LogP contribution in [0.4, 0.5) is 0 Å². The highest BCUT2D eigenvalue weighted by Crippen LogP contribution is 2.17. The first-order chi connectivity index (χ1) is 6.24. The molecular formula is C9H19N3O. The van der Waals surface area contributed by atoms with Crippen LogP contribution >= 0.6 is 0 Å². The summed E-state index contributed by atoms with van der Waals surface area (Å²) in [6, 6.07) is -0.150. The second-order valence-corrected chi connectivity index (χ2v) is 3.67. The van der Waals surface area contributed by atoms with Gasteiger partial charge in [0, 0.05) is 0 Å². The minimum Gasteiger partial charge on any atom is -0.368 e. The van der Waals surface area contributed by atoms with Crippen LogP contribution < -0.4 is 16.4 Å². The molecule has 1 heterocycles. The number of hydrogen-bond acceptors (Lipinski definition) is 3. The molecule has 0 aromatic rings. The number of primary amides is 1. The monoisotopic (exact) mass is 185 g/mol. The molecule has 0 spiro atoms. The quantitative estimate of drug-likeness (QED) is 0.550. The Morgan fingerprint density at radius 2 is 2.23 bits per heavy atom. The summed E-state index contributed by atoms with van der Waals surface area (Å²) in [4.78, 5) is 10.9. The van der Waals surface area contributed by atoms with E-state index >= 15 is 0 Å². The molecule has 76 valence electrons. The average molecular weight is 185 g/mol. The van der Waals surface area contributed by atoms with Crippen LogP contribution in [0.15, 0.2) is 0 Å². The van der Waals surface area contributed by atoms with Crippen molar-refractivity contribution in [1.82, 2.24) is 10.6 Å². The van der Waals surface area contributed by atoms with Crippen molar-refractivity contribution in [2.45, 2.75) is 25.3 Å². The number of rotatable bonds is 4. The van der Waals surface area contributed by atoms with E-state index in [4.69, 9.17) is 5.73 Å². The number of nitrogens with one attached hydrogen (secondary N) is 2. The molecule has 1 aliphatic heterocycles. The second kappa shape index (κ2) is 5.19. The number of carbonyl (C=O) groups is 1. The molecule has 13 heavy (non-hydrogen) atoms. The van der Waals surface area contributed by atoms with Crippen molar-refractivity contribution in [3.8, 4) is 0 Å². The van der Waals surface area contributed by atoms with E-state index in [1.807, 2.05) is 0 Å². The lowest BCUT2D eigenvalue weighted by Gasteiger charge is -2.25. The first-order valence-corrected chi connectivity index (χ1v) is 4.91. The minimum absolute atomic E-state index is 0.150. The van der Waals surface area contributed by atoms with Crippen molar-refractivity contribution >= 4 is 5.91 Å². The predicted octanol–water partition coefficient (Wildman–Crippen LogP) is -0.551. The summed E-state index contributed by atoms with van der Waals surface area (Å²) < 4.78 is 0. The first-order valence-electron chi connectivity index (χ1n) is 4.91. The molecule has 1 aliphatic rings. The number of hydrogen-bond donors (Lipinski definition) is 3. The fourth-order valence-electron chi connectivity index (χ4n) is 1.83. The van der Waals surface area contributed by atoms with Gasteiger partial charge >= 0.3 is 0 Å². The topological polar surface area (TPSA) is 67.2 Å². The van der Waals surface area contributed by atoms with Crippen LogP contribution in [0.3, 0.4) is 0 Å². The Balaban J connectivity index is 2.31. The Bertz CT molecular complexity index is 166. The maximum atomic E-state index is 10.9. The molecule has 0 saturated carbocycles. The Hall–Kier alpha value is -0.610. The second-order valence-electron chi connectivity index (χ2n) is 3.67. The first kappa shape index (κ1) is 10.5. The van der Waals surface area contributed by atoms with Crippen LogP contribution in [-0.4, -0.2) is 32.1 Å². The number of amides is 1. The molecule has 0 radical (unpaired) electrons. The molecule has 0 aromatic heterocycles. The fraction of sp³-hybridized carbons (Fsp3) is 0.889. The molecule has 1 unspecified atom stereocenters. The van der Waals surface area contributed by atoms with Crippen molar-refractivity contribution in [1.29, 1.82) is 0 Å². The summed E-state index contributed by atoms with van der Waals surface area (Å²) in [5.74, 6) is 0.409. The lowest BCUT2D eigenvalue weighted by Crippen LogP contribution is -2.42. The van der Waals surface area contributed by atoms with Crippen LogP contribution in [-0.2, 0) is 4.79 Å². The van der Waals surface area contributed by atoms with E-state index in [0.717, 1.165) is 32.4 Å². The van der Waals surface area contributed by atoms with Crippen molar-refractivity contribution in [2.75, 3.05) is 20.1 Å². The smallest absolute Gasteiger partial charge is 0.234 e. The van der Waals surface area contributed by atoms with Crippen molar-refractivity contribution in [3.63, 3.8) is 0 Å². The van der Waals surface area contributed by atoms with E-state index in [1.54, 1.807) is 7.05 Å². The van der Waals surface area contributed by atoms with Gasteiger partial charge in [0.05, 0.1) is 6.04 Å². The molecule has 1 fully saturated rings. The molecule has 0 aliphatic carbocycles. The Morgan fingerprint density at radius 1 is 1.62 bits per heavy atom. The molecule has 0 aromatic carbocycles. The van der Waals surface area contributed by atoms with E-state index in [0.29, 0.717) is 5.92 Å². The van der Waals surface area contributed by atoms with Crippen LogP contribution in [0.2, 0.25) is 0 Å². The number of nitrogens with two attached hydrogens (primary N) is 1. The van der Waals surface area contributed by atoms with E-state index < -0.39 is 0 Å². The third kappa shape index (κ3) is 3.32. The van der Waals surface area contributed by atoms with Gasteiger partial charge in [-0.3, -0.25) is 4.79 Å². The van der Waals surface area contributed by atoms with Gasteiger partial charge in [0.2, 0.25) is 5.91 Å². The molecule has 4 heteroatoms. The van der Waals surface area contributed by atoms with E-state index in [1.165, 1.54) is 0 Å². The summed E-state index contributed by atoms with van der Waals surface area (Å²) in [5.41, 5.74) is 5.25. The van der Waals surface area contributed by atoms with Gasteiger partial charge in [0.1, 0.15) is 0 Å². The molecular weight excluding hydrogens is 166 g/mol. The van der Waals surface area contributed by atoms with Crippen molar-refractivity contribution in [3.05, 3.63) is 0 Å². The maximum Gasteiger partial charge on any atom is 0.234 e. The van der Waals surface area contributed by atoms with Crippen LogP contribution in [0.25, 0.3) is 0 Å². The van der Waals surface area contributed by atoms with Crippen LogP contribution in [0.5, 0.6) is 0 Å². The third-order valence-corrected chi connectivity index (χ3v) is 2.72. The molecule has 1 saturated heterocycles. The number of piperidine rings is 1. The normalized spacial score (nSPS) is 21.3. The summed E-state index contributed by atoms with van der Waals surface area (Å²) >= 11 is 0. The van der Waals surface area contributed by atoms with E-state index in [9.17, 15) is 4.79 Å². The zero-order valence-corrected chi connectivity index (χ0v) is 8.18. The zero-order valence-electron chi connectivity index (χ0n) is 8.18. The Labute approximate surface area is 79.3 Å². The molecule has 1 rings (SSSR count). The van der Waals surface area contributed by atoms with Gasteiger partial charge < -0.3 is 16.4 Å². The maximum absolute atomic E-state index is 10.9. The fourth-order valence-corrected chi connectivity index (χ4v) is 1.83. The Kier molecular flexibility index (Phi) is 4.18. The van der Waals surface area contributed by atoms with Gasteiger partial charge in [-0.25, -0.2) is 0 Å². The standard InChI is InChI=1S/C9H19N3O/c1-11-8(9(10)13)6-7-2-4-12-5-3-7/h7-8,11-12H,2-6H2,1H3,(H2,10,13). The molecule has 4 N–H and O–H groups in total. The van der Waals surface area contributed by atoms with Crippen molar-refractivity contribution < 1.29 is 4.79 Å². The molecule has 4 nitrogen and oxygen atoms in total.